The van der Waals surface area contributed by atoms with Gasteiger partial charge in [0.25, 0.3) is 0 Å². The molecule has 3 heteroatoms. The Kier molecular flexibility index (Phi) is 37.1. The molecule has 0 bridgehead atoms. The highest BCUT2D eigenvalue weighted by Crippen LogP contribution is 2.28. The van der Waals surface area contributed by atoms with Crippen LogP contribution < -0.4 is 0 Å². The summed E-state index contributed by atoms with van der Waals surface area (Å²) < 4.78 is 0. The van der Waals surface area contributed by atoms with Crippen molar-refractivity contribution < 1.29 is 0 Å². The molecule has 2 aromatic heterocycles. The molecule has 3 nitrogen and oxygen atoms in total. The van der Waals surface area contributed by atoms with Crippen LogP contribution in [0.3, 0.4) is 0 Å². The molecule has 0 saturated heterocycles. The van der Waals surface area contributed by atoms with Gasteiger partial charge in [0.1, 0.15) is 0 Å². The van der Waals surface area contributed by atoms with E-state index in [1.165, 1.54) is 28.1 Å². The van der Waals surface area contributed by atoms with Crippen LogP contribution in [0.4, 0.5) is 5.69 Å². The largest absolute Gasteiger partial charge is 0.264 e. The number of aromatic nitrogens is 2. The fraction of sp³-hybridized carbons (Fsp3) is 0.489. The van der Waals surface area contributed by atoms with Crippen LogP contribution in [0, 0.1) is 5.92 Å². The van der Waals surface area contributed by atoms with Crippen molar-refractivity contribution in [2.24, 2.45) is 10.9 Å². The van der Waals surface area contributed by atoms with Crippen LogP contribution >= 0.6 is 0 Å². The number of pyridine rings is 2. The lowest BCUT2D eigenvalue weighted by atomic mass is 10.0. The topological polar surface area (TPSA) is 38.1 Å². The predicted octanol–water partition coefficient (Wildman–Crippen LogP) is 14.9. The molecule has 0 radical (unpaired) electrons. The van der Waals surface area contributed by atoms with Gasteiger partial charge in [-0.3, -0.25) is 15.0 Å². The third-order valence-electron chi connectivity index (χ3n) is 6.39. The van der Waals surface area contributed by atoms with Gasteiger partial charge >= 0.3 is 0 Å². The summed E-state index contributed by atoms with van der Waals surface area (Å²) in [6.45, 7) is 33.4. The highest BCUT2D eigenvalue weighted by atomic mass is 14.8. The molecule has 3 heterocycles. The molecule has 0 N–H and O–H groups in total. The average Bonchev–Trinajstić information content (AvgIpc) is 3.59. The smallest absolute Gasteiger partial charge is 0.0665 e. The molecule has 48 heavy (non-hydrogen) atoms. The molecule has 2 aromatic carbocycles. The molecule has 0 spiro atoms. The predicted molar refractivity (Wildman–Crippen MR) is 221 cm³/mol. The van der Waals surface area contributed by atoms with Gasteiger partial charge in [0.2, 0.25) is 0 Å². The Morgan fingerprint density at radius 2 is 0.979 bits per heavy atom. The van der Waals surface area contributed by atoms with Crippen LogP contribution in [0.25, 0.3) is 0 Å². The van der Waals surface area contributed by atoms with Crippen molar-refractivity contribution in [2.75, 3.05) is 0 Å². The quantitative estimate of drug-likeness (QED) is 0.219. The lowest BCUT2D eigenvalue weighted by Gasteiger charge is -2.01. The van der Waals surface area contributed by atoms with Gasteiger partial charge in [0.15, 0.2) is 0 Å². The van der Waals surface area contributed by atoms with E-state index in [-0.39, 0.29) is 7.43 Å². The molecule has 0 fully saturated rings. The van der Waals surface area contributed by atoms with Crippen LogP contribution in [0.2, 0.25) is 0 Å². The summed E-state index contributed by atoms with van der Waals surface area (Å²) in [4.78, 5) is 12.8. The van der Waals surface area contributed by atoms with Crippen LogP contribution in [0.15, 0.2) is 109 Å². The van der Waals surface area contributed by atoms with Crippen LogP contribution in [0.5, 0.6) is 0 Å². The van der Waals surface area contributed by atoms with Gasteiger partial charge in [-0.05, 0) is 64.6 Å². The molecule has 0 amide bonds. The number of aliphatic imine (C=N–C) groups is 1. The first-order valence-electron chi connectivity index (χ1n) is 18.2. The first kappa shape index (κ1) is 51.2. The fourth-order valence-corrected chi connectivity index (χ4v) is 3.76. The molecule has 1 aliphatic heterocycles. The summed E-state index contributed by atoms with van der Waals surface area (Å²) in [6.07, 6.45) is 6.58. The van der Waals surface area contributed by atoms with Crippen LogP contribution in [-0.2, 0) is 6.42 Å². The Morgan fingerprint density at radius 1 is 0.479 bits per heavy atom. The van der Waals surface area contributed by atoms with Crippen LogP contribution in [0.1, 0.15) is 158 Å². The van der Waals surface area contributed by atoms with Crippen molar-refractivity contribution in [3.8, 4) is 0 Å². The first-order chi connectivity index (χ1) is 22.7. The summed E-state index contributed by atoms with van der Waals surface area (Å²) in [5, 5.41) is 0. The lowest BCUT2D eigenvalue weighted by molar-refractivity contribution is 0.823. The zero-order valence-electron chi connectivity index (χ0n) is 33.2. The number of hydrogen-bond donors (Lipinski definition) is 0. The minimum Gasteiger partial charge on any atom is -0.264 e. The Morgan fingerprint density at radius 3 is 1.33 bits per heavy atom. The SMILES string of the molecule is C.CC.CC.CC.CC.CC(C)C1=Nc2ccccc2C1.CC(C)c1ccccc1.CC(C)c1ccccn1.CC(C)c1cccnc1. The van der Waals surface area contributed by atoms with E-state index < -0.39 is 0 Å². The van der Waals surface area contributed by atoms with E-state index in [0.29, 0.717) is 23.7 Å². The average molecular weight is 658 g/mol. The monoisotopic (exact) mass is 658 g/mol. The summed E-state index contributed by atoms with van der Waals surface area (Å²) in [7, 11) is 0. The summed E-state index contributed by atoms with van der Waals surface area (Å²) in [6, 6.07) is 29.0. The van der Waals surface area contributed by atoms with Gasteiger partial charge in [0, 0.05) is 36.4 Å². The Labute approximate surface area is 299 Å². The molecule has 4 aromatic rings. The summed E-state index contributed by atoms with van der Waals surface area (Å²) in [5.74, 6) is 2.38. The van der Waals surface area contributed by atoms with E-state index in [1.807, 2.05) is 104 Å². The highest BCUT2D eigenvalue weighted by Gasteiger charge is 2.15. The fourth-order valence-electron chi connectivity index (χ4n) is 3.76. The Bertz CT molecular complexity index is 1110. The van der Waals surface area contributed by atoms with Crippen LogP contribution in [-0.4, -0.2) is 15.7 Å². The van der Waals surface area contributed by atoms with E-state index >= 15 is 0 Å². The van der Waals surface area contributed by atoms with Crippen molar-refractivity contribution in [3.05, 3.63) is 126 Å². The van der Waals surface area contributed by atoms with Crippen molar-refractivity contribution in [1.29, 1.82) is 0 Å². The summed E-state index contributed by atoms with van der Waals surface area (Å²) in [5.41, 5.74) is 7.74. The Balaban J connectivity index is -0.000000251. The maximum absolute atomic E-state index is 4.57. The van der Waals surface area contributed by atoms with Crippen molar-refractivity contribution in [3.63, 3.8) is 0 Å². The van der Waals surface area contributed by atoms with E-state index in [1.54, 1.807) is 6.20 Å². The van der Waals surface area contributed by atoms with Gasteiger partial charge in [-0.2, -0.15) is 0 Å². The second-order valence-corrected chi connectivity index (χ2v) is 11.0. The molecule has 0 aliphatic carbocycles. The molecular weight excluding hydrogens is 583 g/mol. The van der Waals surface area contributed by atoms with Gasteiger partial charge in [-0.25, -0.2) is 0 Å². The number of fused-ring (bicyclic) bond motifs is 1. The minimum atomic E-state index is 0. The van der Waals surface area contributed by atoms with Gasteiger partial charge in [0.05, 0.1) is 5.69 Å². The van der Waals surface area contributed by atoms with E-state index in [0.717, 1.165) is 12.1 Å². The number of benzene rings is 2. The second-order valence-electron chi connectivity index (χ2n) is 11.0. The maximum atomic E-state index is 4.57. The molecule has 270 valence electrons. The molecule has 0 saturated carbocycles. The van der Waals surface area contributed by atoms with Gasteiger partial charge in [-0.15, -0.1) is 0 Å². The van der Waals surface area contributed by atoms with Crippen molar-refractivity contribution in [2.45, 2.75) is 142 Å². The van der Waals surface area contributed by atoms with E-state index in [9.17, 15) is 0 Å². The van der Waals surface area contributed by atoms with E-state index in [2.05, 4.69) is 119 Å². The Hall–Kier alpha value is -3.59. The lowest BCUT2D eigenvalue weighted by Crippen LogP contribution is -2.06. The molecule has 1 aliphatic rings. The minimum absolute atomic E-state index is 0. The zero-order valence-corrected chi connectivity index (χ0v) is 33.2. The first-order valence-corrected chi connectivity index (χ1v) is 18.2. The second kappa shape index (κ2) is 34.7. The van der Waals surface area contributed by atoms with Gasteiger partial charge < -0.3 is 0 Å². The standard InChI is InChI=1S/C11H13N.C9H12.2C8H11N.4C2H6.CH4/c1-8(2)11-7-9-5-3-4-6-10(9)12-11;1-8(2)9-6-4-3-5-7-9;1-7(2)8-4-3-5-9-6-8;1-7(2)8-5-3-4-6-9-8;4*1-2;/h3-6,8H,7H2,1-2H3;3-8H,1-2H3;2*3-7H,1-2H3;4*1-2H3;1H4. The number of rotatable bonds is 4. The zero-order chi connectivity index (χ0) is 36.6. The van der Waals surface area contributed by atoms with E-state index in [4.69, 9.17) is 0 Å². The molecular formula is C45H75N3. The normalized spacial score (nSPS) is 9.88. The number of para-hydroxylation sites is 1. The van der Waals surface area contributed by atoms with Crippen molar-refractivity contribution in [1.82, 2.24) is 9.97 Å². The molecule has 5 rings (SSSR count). The van der Waals surface area contributed by atoms with Crippen molar-refractivity contribution >= 4 is 11.4 Å². The number of hydrogen-bond acceptors (Lipinski definition) is 3. The summed E-state index contributed by atoms with van der Waals surface area (Å²) >= 11 is 0. The molecule has 0 unspecified atom stereocenters. The van der Waals surface area contributed by atoms with Gasteiger partial charge in [-0.1, -0.05) is 179 Å². The molecule has 0 atom stereocenters. The third-order valence-corrected chi connectivity index (χ3v) is 6.39. The third kappa shape index (κ3) is 23.7. The number of nitrogens with zero attached hydrogens (tertiary/aromatic N) is 3. The highest BCUT2D eigenvalue weighted by molar-refractivity contribution is 5.95. The maximum Gasteiger partial charge on any atom is 0.0665 e.